The molecule has 0 spiro atoms. The number of hydrogen-bond acceptors (Lipinski definition) is 6. The van der Waals surface area contributed by atoms with E-state index in [0.717, 1.165) is 5.56 Å². The van der Waals surface area contributed by atoms with Gasteiger partial charge in [0.15, 0.2) is 0 Å². The highest BCUT2D eigenvalue weighted by Crippen LogP contribution is 2.20. The van der Waals surface area contributed by atoms with Gasteiger partial charge >= 0.3 is 6.01 Å². The molecule has 138 valence electrons. The molecule has 1 heterocycles. The minimum absolute atomic E-state index is 0.160. The summed E-state index contributed by atoms with van der Waals surface area (Å²) in [5, 5.41) is 12.4. The summed E-state index contributed by atoms with van der Waals surface area (Å²) in [6.07, 6.45) is 1.56. The van der Waals surface area contributed by atoms with E-state index in [9.17, 15) is 9.90 Å². The van der Waals surface area contributed by atoms with Crippen LogP contribution in [-0.4, -0.2) is 27.6 Å². The second-order valence-corrected chi connectivity index (χ2v) is 5.78. The zero-order valence-electron chi connectivity index (χ0n) is 14.6. The monoisotopic (exact) mass is 364 g/mol. The molecular formula is C20H20N4O3. The van der Waals surface area contributed by atoms with Crippen molar-refractivity contribution in [3.05, 3.63) is 83.7 Å². The molecule has 0 aliphatic carbocycles. The Hall–Kier alpha value is -3.29. The summed E-state index contributed by atoms with van der Waals surface area (Å²) in [5.41, 5.74) is 7.45. The van der Waals surface area contributed by atoms with E-state index >= 15 is 0 Å². The largest absolute Gasteiger partial charge is 0.424 e. The number of ether oxygens (including phenoxy) is 1. The molecule has 3 aromatic rings. The smallest absolute Gasteiger partial charge is 0.322 e. The van der Waals surface area contributed by atoms with Crippen molar-refractivity contribution in [3.8, 4) is 11.8 Å². The van der Waals surface area contributed by atoms with Gasteiger partial charge in [0.2, 0.25) is 0 Å². The lowest BCUT2D eigenvalue weighted by atomic mass is 10.1. The van der Waals surface area contributed by atoms with Crippen LogP contribution in [0.5, 0.6) is 11.8 Å². The zero-order valence-corrected chi connectivity index (χ0v) is 14.6. The number of aliphatic hydroxyl groups excluding tert-OH is 1. The summed E-state index contributed by atoms with van der Waals surface area (Å²) in [4.78, 5) is 20.8. The van der Waals surface area contributed by atoms with Crippen molar-refractivity contribution >= 4 is 5.91 Å². The third-order valence-corrected chi connectivity index (χ3v) is 3.90. The molecule has 1 aromatic heterocycles. The van der Waals surface area contributed by atoms with Crippen LogP contribution >= 0.6 is 0 Å². The number of rotatable bonds is 7. The number of nitrogens with one attached hydrogen (secondary N) is 1. The van der Waals surface area contributed by atoms with E-state index < -0.39 is 6.04 Å². The molecular weight excluding hydrogens is 344 g/mol. The van der Waals surface area contributed by atoms with Crippen molar-refractivity contribution in [2.24, 2.45) is 5.73 Å². The van der Waals surface area contributed by atoms with Gasteiger partial charge in [-0.3, -0.25) is 4.79 Å². The predicted octanol–water partition coefficient (Wildman–Crippen LogP) is 2.19. The number of carbonyl (C=O) groups is 1. The van der Waals surface area contributed by atoms with Crippen molar-refractivity contribution in [2.45, 2.75) is 12.6 Å². The molecule has 0 bridgehead atoms. The minimum Gasteiger partial charge on any atom is -0.424 e. The van der Waals surface area contributed by atoms with Gasteiger partial charge in [-0.05, 0) is 29.8 Å². The Morgan fingerprint density at radius 2 is 1.96 bits per heavy atom. The van der Waals surface area contributed by atoms with E-state index in [2.05, 4.69) is 15.3 Å². The maximum Gasteiger partial charge on any atom is 0.322 e. The molecule has 0 saturated heterocycles. The summed E-state index contributed by atoms with van der Waals surface area (Å²) < 4.78 is 5.62. The molecule has 1 atom stereocenters. The van der Waals surface area contributed by atoms with Crippen LogP contribution in [0.1, 0.15) is 27.7 Å². The first-order valence-electron chi connectivity index (χ1n) is 8.46. The second-order valence-electron chi connectivity index (χ2n) is 5.78. The minimum atomic E-state index is -0.493. The van der Waals surface area contributed by atoms with Gasteiger partial charge in [-0.1, -0.05) is 36.4 Å². The lowest BCUT2D eigenvalue weighted by Crippen LogP contribution is -2.30. The van der Waals surface area contributed by atoms with E-state index in [-0.39, 0.29) is 25.1 Å². The molecule has 1 amide bonds. The molecule has 4 N–H and O–H groups in total. The lowest BCUT2D eigenvalue weighted by Gasteiger charge is -2.17. The van der Waals surface area contributed by atoms with E-state index in [1.165, 1.54) is 0 Å². The Bertz CT molecular complexity index is 902. The fourth-order valence-electron chi connectivity index (χ4n) is 2.51. The normalized spacial score (nSPS) is 11.6. The number of nitrogens with two attached hydrogens (primary N) is 1. The molecule has 2 aromatic carbocycles. The van der Waals surface area contributed by atoms with Gasteiger partial charge in [0, 0.05) is 18.3 Å². The number of aromatic nitrogens is 2. The number of aliphatic hydroxyl groups is 1. The van der Waals surface area contributed by atoms with Crippen LogP contribution in [0.4, 0.5) is 0 Å². The van der Waals surface area contributed by atoms with Gasteiger partial charge < -0.3 is 20.9 Å². The first-order chi connectivity index (χ1) is 13.2. The van der Waals surface area contributed by atoms with E-state index in [4.69, 9.17) is 10.5 Å². The van der Waals surface area contributed by atoms with Gasteiger partial charge in [0.25, 0.3) is 5.91 Å². The first-order valence-corrected chi connectivity index (χ1v) is 8.46. The predicted molar refractivity (Wildman–Crippen MR) is 100 cm³/mol. The molecule has 27 heavy (non-hydrogen) atoms. The Labute approximate surface area is 156 Å². The number of hydrogen-bond donors (Lipinski definition) is 3. The third-order valence-electron chi connectivity index (χ3n) is 3.90. The third kappa shape index (κ3) is 4.87. The number of amides is 1. The molecule has 0 aliphatic heterocycles. The van der Waals surface area contributed by atoms with Gasteiger partial charge in [-0.15, -0.1) is 0 Å². The second kappa shape index (κ2) is 8.88. The summed E-state index contributed by atoms with van der Waals surface area (Å²) in [6.45, 7) is 0.0784. The molecule has 0 unspecified atom stereocenters. The maximum absolute atomic E-state index is 12.6. The van der Waals surface area contributed by atoms with Crippen molar-refractivity contribution in [3.63, 3.8) is 0 Å². The first kappa shape index (κ1) is 18.5. The fraction of sp³-hybridized carbons (Fsp3) is 0.150. The highest BCUT2D eigenvalue weighted by Gasteiger charge is 2.15. The molecule has 7 nitrogen and oxygen atoms in total. The summed E-state index contributed by atoms with van der Waals surface area (Å²) >= 11 is 0. The summed E-state index contributed by atoms with van der Waals surface area (Å²) in [6, 6.07) is 17.3. The van der Waals surface area contributed by atoms with Crippen LogP contribution in [0.2, 0.25) is 0 Å². The number of benzene rings is 2. The van der Waals surface area contributed by atoms with Gasteiger partial charge in [-0.25, -0.2) is 4.98 Å². The molecule has 0 radical (unpaired) electrons. The maximum atomic E-state index is 12.6. The van der Waals surface area contributed by atoms with E-state index in [1.807, 2.05) is 30.3 Å². The highest BCUT2D eigenvalue weighted by molar-refractivity contribution is 5.94. The van der Waals surface area contributed by atoms with Crippen molar-refractivity contribution in [2.75, 3.05) is 6.61 Å². The van der Waals surface area contributed by atoms with Crippen molar-refractivity contribution in [1.29, 1.82) is 0 Å². The molecule has 3 rings (SSSR count). The van der Waals surface area contributed by atoms with Crippen LogP contribution < -0.4 is 15.8 Å². The molecule has 0 fully saturated rings. The molecule has 0 aliphatic rings. The van der Waals surface area contributed by atoms with Crippen LogP contribution in [0.25, 0.3) is 0 Å². The van der Waals surface area contributed by atoms with Crippen LogP contribution in [-0.2, 0) is 6.54 Å². The van der Waals surface area contributed by atoms with Crippen molar-refractivity contribution in [1.82, 2.24) is 15.3 Å². The van der Waals surface area contributed by atoms with Gasteiger partial charge in [-0.2, -0.15) is 4.98 Å². The number of carbonyl (C=O) groups excluding carboxylic acids is 1. The van der Waals surface area contributed by atoms with E-state index in [1.54, 1.807) is 36.5 Å². The number of nitrogens with zero attached hydrogens (tertiary/aromatic N) is 2. The Balaban J connectivity index is 1.73. The Morgan fingerprint density at radius 1 is 1.15 bits per heavy atom. The Kier molecular flexibility index (Phi) is 6.09. The topological polar surface area (TPSA) is 110 Å². The van der Waals surface area contributed by atoms with Crippen molar-refractivity contribution < 1.29 is 14.6 Å². The van der Waals surface area contributed by atoms with Crippen LogP contribution in [0, 0.1) is 0 Å². The Morgan fingerprint density at radius 3 is 2.70 bits per heavy atom. The summed E-state index contributed by atoms with van der Waals surface area (Å²) in [7, 11) is 0. The lowest BCUT2D eigenvalue weighted by molar-refractivity contribution is 0.0916. The van der Waals surface area contributed by atoms with E-state index in [0.29, 0.717) is 17.0 Å². The molecule has 7 heteroatoms. The summed E-state index contributed by atoms with van der Waals surface area (Å²) in [5.74, 6) is 0.108. The average Bonchev–Trinajstić information content (AvgIpc) is 2.72. The highest BCUT2D eigenvalue weighted by atomic mass is 16.5. The van der Waals surface area contributed by atoms with Crippen LogP contribution in [0.15, 0.2) is 66.9 Å². The quantitative estimate of drug-likeness (QED) is 0.593. The molecule has 0 saturated carbocycles. The standard InChI is InChI=1S/C20H20N4O3/c21-12-16-9-10-22-20(23-16)27-17-8-4-7-15(11-17)19(26)24-18(13-25)14-5-2-1-3-6-14/h1-11,18,25H,12-13,21H2,(H,24,26)/t18-/m0/s1. The zero-order chi connectivity index (χ0) is 19.1. The fourth-order valence-corrected chi connectivity index (χ4v) is 2.51. The van der Waals surface area contributed by atoms with Crippen LogP contribution in [0.3, 0.4) is 0 Å². The average molecular weight is 364 g/mol. The SMILES string of the molecule is NCc1ccnc(Oc2cccc(C(=O)N[C@@H](CO)c3ccccc3)c2)n1. The van der Waals surface area contributed by atoms with Gasteiger partial charge in [0.1, 0.15) is 5.75 Å². The van der Waals surface area contributed by atoms with Gasteiger partial charge in [0.05, 0.1) is 18.3 Å².